The van der Waals surface area contributed by atoms with Crippen molar-refractivity contribution < 1.29 is 0 Å². The van der Waals surface area contributed by atoms with Crippen molar-refractivity contribution in [1.82, 2.24) is 9.78 Å². The Labute approximate surface area is 115 Å². The highest BCUT2D eigenvalue weighted by Crippen LogP contribution is 2.27. The van der Waals surface area contributed by atoms with Crippen LogP contribution in [-0.4, -0.2) is 9.78 Å². The molecule has 0 aliphatic rings. The van der Waals surface area contributed by atoms with Crippen molar-refractivity contribution in [3.8, 4) is 0 Å². The summed E-state index contributed by atoms with van der Waals surface area (Å²) in [6.07, 6.45) is 2.90. The predicted molar refractivity (Wildman–Crippen MR) is 79.2 cm³/mol. The Balaban J connectivity index is 2.44. The second-order valence-electron chi connectivity index (χ2n) is 5.27. The lowest BCUT2D eigenvalue weighted by Crippen LogP contribution is -2.19. The smallest absolute Gasteiger partial charge is 0.0728 e. The van der Waals surface area contributed by atoms with Crippen LogP contribution in [0.1, 0.15) is 47.3 Å². The summed E-state index contributed by atoms with van der Waals surface area (Å²) in [6, 6.07) is 6.32. The number of aromatic nitrogens is 2. The molecule has 3 nitrogen and oxygen atoms in total. The Hall–Kier alpha value is -1.61. The molecule has 0 amide bonds. The van der Waals surface area contributed by atoms with E-state index in [0.717, 1.165) is 18.7 Å². The maximum absolute atomic E-state index is 6.48. The minimum absolute atomic E-state index is 0.102. The van der Waals surface area contributed by atoms with Crippen molar-refractivity contribution in [1.29, 1.82) is 0 Å². The van der Waals surface area contributed by atoms with Crippen LogP contribution < -0.4 is 5.73 Å². The minimum Gasteiger partial charge on any atom is -0.319 e. The summed E-state index contributed by atoms with van der Waals surface area (Å²) in [4.78, 5) is 0. The van der Waals surface area contributed by atoms with E-state index >= 15 is 0 Å². The molecule has 2 aromatic rings. The second-order valence-corrected chi connectivity index (χ2v) is 5.27. The van der Waals surface area contributed by atoms with E-state index in [0.29, 0.717) is 0 Å². The monoisotopic (exact) mass is 257 g/mol. The first-order valence-electron chi connectivity index (χ1n) is 6.89. The largest absolute Gasteiger partial charge is 0.319 e. The normalized spacial score (nSPS) is 12.7. The van der Waals surface area contributed by atoms with Crippen molar-refractivity contribution in [3.63, 3.8) is 0 Å². The van der Waals surface area contributed by atoms with Crippen LogP contribution in [0.4, 0.5) is 0 Å². The maximum Gasteiger partial charge on any atom is 0.0728 e. The fraction of sp³-hybridized carbons (Fsp3) is 0.438. The molecule has 3 heteroatoms. The van der Waals surface area contributed by atoms with Gasteiger partial charge in [-0.3, -0.25) is 4.68 Å². The molecule has 0 radical (unpaired) electrons. The number of rotatable bonds is 4. The summed E-state index contributed by atoms with van der Waals surface area (Å²) in [6.45, 7) is 9.46. The molecule has 102 valence electrons. The van der Waals surface area contributed by atoms with Gasteiger partial charge in [0.15, 0.2) is 0 Å². The van der Waals surface area contributed by atoms with Crippen LogP contribution in [0.3, 0.4) is 0 Å². The molecule has 1 aromatic heterocycles. The van der Waals surface area contributed by atoms with E-state index in [1.54, 1.807) is 0 Å². The molecular formula is C16H23N3. The van der Waals surface area contributed by atoms with Gasteiger partial charge in [0.2, 0.25) is 0 Å². The first-order chi connectivity index (χ1) is 9.04. The molecule has 0 saturated heterocycles. The Kier molecular flexibility index (Phi) is 4.05. The third-order valence-corrected chi connectivity index (χ3v) is 3.55. The molecule has 0 spiro atoms. The highest BCUT2D eigenvalue weighted by atomic mass is 15.3. The highest BCUT2D eigenvalue weighted by molar-refractivity contribution is 5.42. The topological polar surface area (TPSA) is 43.8 Å². The van der Waals surface area contributed by atoms with Crippen molar-refractivity contribution in [2.75, 3.05) is 0 Å². The highest BCUT2D eigenvalue weighted by Gasteiger charge is 2.17. The Bertz CT molecular complexity index is 546. The summed E-state index contributed by atoms with van der Waals surface area (Å²) in [7, 11) is 0. The van der Waals surface area contributed by atoms with E-state index in [-0.39, 0.29) is 6.04 Å². The van der Waals surface area contributed by atoms with E-state index in [2.05, 4.69) is 44.9 Å². The Morgan fingerprint density at radius 3 is 2.42 bits per heavy atom. The molecular weight excluding hydrogens is 234 g/mol. The molecule has 2 rings (SSSR count). The van der Waals surface area contributed by atoms with Crippen LogP contribution in [0.15, 0.2) is 24.4 Å². The van der Waals surface area contributed by atoms with Gasteiger partial charge in [0.05, 0.1) is 11.7 Å². The van der Waals surface area contributed by atoms with Gasteiger partial charge < -0.3 is 5.73 Å². The first kappa shape index (κ1) is 13.8. The summed E-state index contributed by atoms with van der Waals surface area (Å²) < 4.78 is 2.02. The van der Waals surface area contributed by atoms with Crippen LogP contribution in [0.25, 0.3) is 0 Å². The van der Waals surface area contributed by atoms with Crippen LogP contribution in [0.5, 0.6) is 0 Å². The summed E-state index contributed by atoms with van der Waals surface area (Å²) in [5.74, 6) is 0. The average Bonchev–Trinajstić information content (AvgIpc) is 2.76. The molecule has 0 fully saturated rings. The van der Waals surface area contributed by atoms with Crippen LogP contribution in [0, 0.1) is 20.8 Å². The van der Waals surface area contributed by atoms with Crippen LogP contribution in [0.2, 0.25) is 0 Å². The van der Waals surface area contributed by atoms with Crippen LogP contribution >= 0.6 is 0 Å². The van der Waals surface area contributed by atoms with Crippen molar-refractivity contribution in [2.24, 2.45) is 5.73 Å². The van der Waals surface area contributed by atoms with E-state index in [1.807, 2.05) is 16.9 Å². The molecule has 1 aromatic carbocycles. The quantitative estimate of drug-likeness (QED) is 0.913. The molecule has 19 heavy (non-hydrogen) atoms. The Morgan fingerprint density at radius 1 is 1.21 bits per heavy atom. The number of benzene rings is 1. The average molecular weight is 257 g/mol. The summed E-state index contributed by atoms with van der Waals surface area (Å²) in [5, 5.41) is 4.37. The summed E-state index contributed by atoms with van der Waals surface area (Å²) in [5.41, 5.74) is 12.6. The maximum atomic E-state index is 6.48. The molecule has 1 atom stereocenters. The van der Waals surface area contributed by atoms with Crippen molar-refractivity contribution >= 4 is 0 Å². The van der Waals surface area contributed by atoms with Gasteiger partial charge in [-0.15, -0.1) is 0 Å². The molecule has 1 heterocycles. The zero-order valence-corrected chi connectivity index (χ0v) is 12.3. The van der Waals surface area contributed by atoms with Crippen molar-refractivity contribution in [3.05, 3.63) is 52.3 Å². The number of nitrogens with zero attached hydrogens (tertiary/aromatic N) is 2. The molecule has 0 saturated carbocycles. The van der Waals surface area contributed by atoms with Gasteiger partial charge in [-0.05, 0) is 49.9 Å². The lowest BCUT2D eigenvalue weighted by Gasteiger charge is -2.19. The molecule has 1 unspecified atom stereocenters. The van der Waals surface area contributed by atoms with E-state index in [4.69, 9.17) is 5.73 Å². The zero-order chi connectivity index (χ0) is 14.0. The van der Waals surface area contributed by atoms with Gasteiger partial charge in [0, 0.05) is 12.7 Å². The number of nitrogens with two attached hydrogens (primary N) is 1. The van der Waals surface area contributed by atoms with E-state index in [1.165, 1.54) is 22.3 Å². The lowest BCUT2D eigenvalue weighted by atomic mass is 9.93. The molecule has 0 aliphatic carbocycles. The van der Waals surface area contributed by atoms with Gasteiger partial charge >= 0.3 is 0 Å². The minimum atomic E-state index is -0.102. The predicted octanol–water partition coefficient (Wildman–Crippen LogP) is 3.27. The van der Waals surface area contributed by atoms with E-state index < -0.39 is 0 Å². The molecule has 0 aliphatic heterocycles. The van der Waals surface area contributed by atoms with Gasteiger partial charge in [-0.1, -0.05) is 24.6 Å². The fourth-order valence-electron chi connectivity index (χ4n) is 2.84. The third kappa shape index (κ3) is 2.71. The first-order valence-corrected chi connectivity index (χ1v) is 6.89. The molecule has 2 N–H and O–H groups in total. The van der Waals surface area contributed by atoms with Crippen LogP contribution in [-0.2, 0) is 6.54 Å². The lowest BCUT2D eigenvalue weighted by molar-refractivity contribution is 0.558. The fourth-order valence-corrected chi connectivity index (χ4v) is 2.84. The van der Waals surface area contributed by atoms with Gasteiger partial charge in [0.25, 0.3) is 0 Å². The third-order valence-electron chi connectivity index (χ3n) is 3.55. The van der Waals surface area contributed by atoms with Crippen molar-refractivity contribution in [2.45, 2.75) is 46.7 Å². The van der Waals surface area contributed by atoms with Gasteiger partial charge in [-0.25, -0.2) is 0 Å². The second kappa shape index (κ2) is 5.57. The SMILES string of the molecule is CCCn1nccc1C(N)c1c(C)cc(C)cc1C. The Morgan fingerprint density at radius 2 is 1.84 bits per heavy atom. The summed E-state index contributed by atoms with van der Waals surface area (Å²) >= 11 is 0. The number of aryl methyl sites for hydroxylation is 4. The number of hydrogen-bond acceptors (Lipinski definition) is 2. The number of hydrogen-bond donors (Lipinski definition) is 1. The van der Waals surface area contributed by atoms with Gasteiger partial charge in [-0.2, -0.15) is 5.10 Å². The van der Waals surface area contributed by atoms with E-state index in [9.17, 15) is 0 Å². The zero-order valence-electron chi connectivity index (χ0n) is 12.3. The standard InChI is InChI=1S/C16H23N3/c1-5-8-19-14(6-7-18-19)16(17)15-12(3)9-11(2)10-13(15)4/h6-7,9-10,16H,5,8,17H2,1-4H3. The molecule has 0 bridgehead atoms. The van der Waals surface area contributed by atoms with Gasteiger partial charge in [0.1, 0.15) is 0 Å².